The molecule has 0 aliphatic carbocycles. The quantitative estimate of drug-likeness (QED) is 0.0264. The van der Waals surface area contributed by atoms with E-state index in [9.17, 15) is 19.0 Å². The van der Waals surface area contributed by atoms with Crippen molar-refractivity contribution >= 4 is 19.8 Å². The fourth-order valence-electron chi connectivity index (χ4n) is 11.3. The molecule has 0 fully saturated rings. The molecule has 3 N–H and O–H groups in total. The fourth-order valence-corrected chi connectivity index (χ4v) is 12.1. The van der Waals surface area contributed by atoms with Crippen LogP contribution >= 0.6 is 7.82 Å². The Morgan fingerprint density at radius 1 is 0.349 bits per heavy atom. The largest absolute Gasteiger partial charge is 0.472 e. The van der Waals surface area contributed by atoms with Gasteiger partial charge in [0.15, 0.2) is 6.10 Å². The summed E-state index contributed by atoms with van der Waals surface area (Å²) >= 11 is 0. The zero-order valence-corrected chi connectivity index (χ0v) is 56.4. The number of hydrogen-bond acceptors (Lipinski definition) is 8. The van der Waals surface area contributed by atoms with E-state index in [4.69, 9.17) is 24.3 Å². The lowest BCUT2D eigenvalue weighted by Gasteiger charge is -2.19. The average molecular weight is 1190 g/mol. The first-order valence-corrected chi connectivity index (χ1v) is 38.3. The third-order valence-corrected chi connectivity index (χ3v) is 17.8. The first-order valence-electron chi connectivity index (χ1n) is 36.8. The summed E-state index contributed by atoms with van der Waals surface area (Å²) < 4.78 is 33.2. The molecule has 0 saturated heterocycles. The van der Waals surface area contributed by atoms with Crippen molar-refractivity contribution in [2.24, 2.45) is 5.73 Å². The van der Waals surface area contributed by atoms with Crippen LogP contribution in [-0.4, -0.2) is 49.3 Å². The average Bonchev–Trinajstić information content (AvgIpc) is 3.49. The van der Waals surface area contributed by atoms with Crippen molar-refractivity contribution in [2.75, 3.05) is 26.4 Å². The number of phosphoric acid groups is 1. The van der Waals surface area contributed by atoms with Crippen molar-refractivity contribution in [1.29, 1.82) is 0 Å². The molecular weight excluding hydrogens is 1050 g/mol. The lowest BCUT2D eigenvalue weighted by molar-refractivity contribution is -0.161. The van der Waals surface area contributed by atoms with E-state index in [0.717, 1.165) is 32.1 Å². The third-order valence-electron chi connectivity index (χ3n) is 16.8. The number of ether oxygens (including phenoxy) is 2. The molecule has 0 aliphatic rings. The molecule has 0 spiro atoms. The minimum absolute atomic E-state index is 0.0563. The van der Waals surface area contributed by atoms with Gasteiger partial charge >= 0.3 is 19.8 Å². The number of unbranched alkanes of at least 4 members (excludes halogenated alkanes) is 54. The SMILES string of the molecule is CCCCCCCCCC/C=C\CCCCCCCCCCCCCCCCCCCCCCCCCCCCCCCC(=O)OC(COC(=O)CCCCCCCCCCC/C=C\CCCCCCCCCC)COP(=O)(O)OCCN. The Morgan fingerprint density at radius 2 is 0.590 bits per heavy atom. The highest BCUT2D eigenvalue weighted by atomic mass is 31.2. The molecule has 9 nitrogen and oxygen atoms in total. The fraction of sp³-hybridized carbons (Fsp3) is 0.918. The summed E-state index contributed by atoms with van der Waals surface area (Å²) in [5.41, 5.74) is 5.40. The first-order chi connectivity index (χ1) is 40.8. The number of esters is 2. The van der Waals surface area contributed by atoms with Gasteiger partial charge < -0.3 is 20.1 Å². The first kappa shape index (κ1) is 81.5. The van der Waals surface area contributed by atoms with E-state index >= 15 is 0 Å². The van der Waals surface area contributed by atoms with Crippen molar-refractivity contribution in [3.05, 3.63) is 24.3 Å². The summed E-state index contributed by atoms with van der Waals surface area (Å²) in [5.74, 6) is -0.807. The minimum Gasteiger partial charge on any atom is -0.462 e. The van der Waals surface area contributed by atoms with Crippen LogP contribution in [0.4, 0.5) is 0 Å². The predicted octanol–water partition coefficient (Wildman–Crippen LogP) is 24.1. The molecule has 0 aromatic carbocycles. The van der Waals surface area contributed by atoms with Gasteiger partial charge in [0.05, 0.1) is 13.2 Å². The van der Waals surface area contributed by atoms with E-state index in [2.05, 4.69) is 38.2 Å². The molecule has 2 atom stereocenters. The van der Waals surface area contributed by atoms with Crippen LogP contribution in [0.15, 0.2) is 24.3 Å². The Labute approximate surface area is 516 Å². The topological polar surface area (TPSA) is 134 Å². The molecule has 0 rings (SSSR count). The molecular formula is C73H142NO8P. The molecule has 0 radical (unpaired) electrons. The highest BCUT2D eigenvalue weighted by Crippen LogP contribution is 2.43. The van der Waals surface area contributed by atoms with Crippen LogP contribution in [0.3, 0.4) is 0 Å². The van der Waals surface area contributed by atoms with Crippen LogP contribution in [0.25, 0.3) is 0 Å². The molecule has 0 bridgehead atoms. The summed E-state index contributed by atoms with van der Waals surface area (Å²) in [5, 5.41) is 0. The number of rotatable bonds is 71. The Kier molecular flexibility index (Phi) is 68.3. The third kappa shape index (κ3) is 69.5. The Morgan fingerprint density at radius 3 is 0.855 bits per heavy atom. The van der Waals surface area contributed by atoms with Crippen LogP contribution in [0.2, 0.25) is 0 Å². The number of hydrogen-bond donors (Lipinski definition) is 2. The molecule has 10 heteroatoms. The molecule has 0 amide bonds. The lowest BCUT2D eigenvalue weighted by Crippen LogP contribution is -2.29. The summed E-state index contributed by atoms with van der Waals surface area (Å²) in [6.45, 7) is 3.82. The standard InChI is InChI=1S/C73H142NO8P/c1-3-5-7-9-11-13-15-17-19-21-23-25-26-27-28-29-30-31-32-33-34-35-36-37-38-39-40-41-42-43-44-46-48-50-52-54-56-58-60-62-64-66-73(76)82-71(70-81-83(77,78)80-68-67-74)69-79-72(75)65-63-61-59-57-55-53-51-49-47-45-24-22-20-18-16-14-12-10-8-6-4-2/h21-24,71H,3-20,25-70,74H2,1-2H3,(H,77,78)/b23-21-,24-22-. The van der Waals surface area contributed by atoms with Crippen LogP contribution in [0, 0.1) is 0 Å². The van der Waals surface area contributed by atoms with Gasteiger partial charge in [-0.05, 0) is 64.2 Å². The summed E-state index contributed by atoms with van der Waals surface area (Å²) in [4.78, 5) is 35.3. The second-order valence-electron chi connectivity index (χ2n) is 25.2. The number of carbonyl (C=O) groups excluding carboxylic acids is 2. The predicted molar refractivity (Wildman–Crippen MR) is 358 cm³/mol. The van der Waals surface area contributed by atoms with E-state index in [1.165, 1.54) is 334 Å². The normalized spacial score (nSPS) is 13.0. The molecule has 0 heterocycles. The number of nitrogens with two attached hydrogens (primary N) is 1. The monoisotopic (exact) mass is 1190 g/mol. The van der Waals surface area contributed by atoms with Gasteiger partial charge in [-0.2, -0.15) is 0 Å². The molecule has 0 aromatic rings. The molecule has 0 aromatic heterocycles. The highest BCUT2D eigenvalue weighted by molar-refractivity contribution is 7.47. The van der Waals surface area contributed by atoms with Gasteiger partial charge in [0.2, 0.25) is 0 Å². The van der Waals surface area contributed by atoms with Crippen molar-refractivity contribution in [3.63, 3.8) is 0 Å². The van der Waals surface area contributed by atoms with Crippen molar-refractivity contribution in [2.45, 2.75) is 405 Å². The number of carbonyl (C=O) groups is 2. The van der Waals surface area contributed by atoms with E-state index in [1.54, 1.807) is 0 Å². The number of allylic oxidation sites excluding steroid dienone is 4. The molecule has 492 valence electrons. The van der Waals surface area contributed by atoms with Gasteiger partial charge in [0.1, 0.15) is 6.61 Å². The number of phosphoric ester groups is 1. The Balaban J connectivity index is 3.72. The summed E-state index contributed by atoms with van der Waals surface area (Å²) in [7, 11) is -4.39. The Hall–Kier alpha value is -1.51. The van der Waals surface area contributed by atoms with E-state index in [0.29, 0.717) is 6.42 Å². The van der Waals surface area contributed by atoms with Gasteiger partial charge in [-0.15, -0.1) is 0 Å². The lowest BCUT2D eigenvalue weighted by atomic mass is 10.0. The van der Waals surface area contributed by atoms with Crippen LogP contribution in [0.1, 0.15) is 399 Å². The zero-order chi connectivity index (χ0) is 60.1. The van der Waals surface area contributed by atoms with Crippen LogP contribution in [0.5, 0.6) is 0 Å². The van der Waals surface area contributed by atoms with Gasteiger partial charge in [0, 0.05) is 19.4 Å². The maximum atomic E-state index is 12.8. The maximum Gasteiger partial charge on any atom is 0.472 e. The molecule has 83 heavy (non-hydrogen) atoms. The summed E-state index contributed by atoms with van der Waals surface area (Å²) in [6.07, 6.45) is 85.9. The van der Waals surface area contributed by atoms with E-state index < -0.39 is 26.5 Å². The second-order valence-corrected chi connectivity index (χ2v) is 26.6. The van der Waals surface area contributed by atoms with Crippen molar-refractivity contribution in [3.8, 4) is 0 Å². The Bertz CT molecular complexity index is 1410. The molecule has 0 aliphatic heterocycles. The molecule has 0 saturated carbocycles. The van der Waals surface area contributed by atoms with E-state index in [1.807, 2.05) is 0 Å². The maximum absolute atomic E-state index is 12.8. The van der Waals surface area contributed by atoms with Crippen LogP contribution in [-0.2, 0) is 32.7 Å². The van der Waals surface area contributed by atoms with Crippen molar-refractivity contribution < 1.29 is 37.6 Å². The van der Waals surface area contributed by atoms with E-state index in [-0.39, 0.29) is 38.6 Å². The van der Waals surface area contributed by atoms with Gasteiger partial charge in [-0.3, -0.25) is 18.6 Å². The van der Waals surface area contributed by atoms with Gasteiger partial charge in [-0.1, -0.05) is 346 Å². The zero-order valence-electron chi connectivity index (χ0n) is 55.5. The molecule has 2 unspecified atom stereocenters. The van der Waals surface area contributed by atoms with Gasteiger partial charge in [0.25, 0.3) is 0 Å². The van der Waals surface area contributed by atoms with Gasteiger partial charge in [-0.25, -0.2) is 4.57 Å². The smallest absolute Gasteiger partial charge is 0.462 e. The summed E-state index contributed by atoms with van der Waals surface area (Å²) in [6, 6.07) is 0. The highest BCUT2D eigenvalue weighted by Gasteiger charge is 2.26. The van der Waals surface area contributed by atoms with Crippen LogP contribution < -0.4 is 5.73 Å². The minimum atomic E-state index is -4.39. The second kappa shape index (κ2) is 69.6. The van der Waals surface area contributed by atoms with Crippen molar-refractivity contribution in [1.82, 2.24) is 0 Å².